The van der Waals surface area contributed by atoms with Gasteiger partial charge in [0, 0.05) is 25.8 Å². The van der Waals surface area contributed by atoms with Gasteiger partial charge in [0.25, 0.3) is 0 Å². The van der Waals surface area contributed by atoms with Crippen molar-refractivity contribution in [3.05, 3.63) is 65.5 Å². The van der Waals surface area contributed by atoms with Crippen molar-refractivity contribution in [2.24, 2.45) is 4.99 Å². The number of carbonyl (C=O) groups is 1. The molecule has 0 aliphatic carbocycles. The number of rotatable bonds is 4. The van der Waals surface area contributed by atoms with E-state index in [9.17, 15) is 9.18 Å². The lowest BCUT2D eigenvalue weighted by Crippen LogP contribution is -2.45. The van der Waals surface area contributed by atoms with E-state index >= 15 is 0 Å². The molecule has 1 aliphatic heterocycles. The van der Waals surface area contributed by atoms with Crippen LogP contribution >= 0.6 is 24.0 Å². The maximum atomic E-state index is 13.2. The Labute approximate surface area is 176 Å². The number of nitrogens with one attached hydrogen (secondary N) is 2. The van der Waals surface area contributed by atoms with Gasteiger partial charge in [-0.1, -0.05) is 30.3 Å². The minimum atomic E-state index is -0.272. The minimum Gasteiger partial charge on any atom is -0.352 e. The second-order valence-electron chi connectivity index (χ2n) is 6.19. The second kappa shape index (κ2) is 10.2. The zero-order valence-corrected chi connectivity index (χ0v) is 17.6. The minimum absolute atomic E-state index is 0. The molecule has 2 aromatic rings. The molecule has 0 fully saturated rings. The molecule has 1 amide bonds. The predicted molar refractivity (Wildman–Crippen MR) is 117 cm³/mol. The smallest absolute Gasteiger partial charge is 0.246 e. The Morgan fingerprint density at radius 2 is 2.00 bits per heavy atom. The number of hydrogen-bond acceptors (Lipinski definition) is 2. The molecule has 7 heteroatoms. The predicted octanol–water partition coefficient (Wildman–Crippen LogP) is 3.09. The first-order valence-corrected chi connectivity index (χ1v) is 8.74. The molecular weight excluding hydrogens is 458 g/mol. The van der Waals surface area contributed by atoms with Crippen molar-refractivity contribution in [1.29, 1.82) is 0 Å². The largest absolute Gasteiger partial charge is 0.352 e. The lowest BCUT2D eigenvalue weighted by molar-refractivity contribution is -0.117. The van der Waals surface area contributed by atoms with Crippen molar-refractivity contribution in [2.45, 2.75) is 19.4 Å². The van der Waals surface area contributed by atoms with Crippen LogP contribution in [0.4, 0.5) is 10.1 Å². The van der Waals surface area contributed by atoms with Crippen molar-refractivity contribution in [3.63, 3.8) is 0 Å². The molecule has 27 heavy (non-hydrogen) atoms. The summed E-state index contributed by atoms with van der Waals surface area (Å²) in [5.74, 6) is 0.241. The van der Waals surface area contributed by atoms with Crippen molar-refractivity contribution >= 4 is 41.5 Å². The number of benzene rings is 2. The molecule has 2 aromatic carbocycles. The fraction of sp³-hybridized carbons (Fsp3) is 0.300. The lowest BCUT2D eigenvalue weighted by Gasteiger charge is -2.29. The van der Waals surface area contributed by atoms with Crippen LogP contribution in [0.3, 0.4) is 0 Å². The van der Waals surface area contributed by atoms with E-state index in [1.54, 1.807) is 13.1 Å². The second-order valence-corrected chi connectivity index (χ2v) is 6.19. The lowest BCUT2D eigenvalue weighted by atomic mass is 10.0. The molecule has 0 aromatic heterocycles. The third-order valence-corrected chi connectivity index (χ3v) is 4.39. The number of aliphatic imine (C=N–C) groups is 1. The average Bonchev–Trinajstić information content (AvgIpc) is 2.67. The highest BCUT2D eigenvalue weighted by Crippen LogP contribution is 2.26. The van der Waals surface area contributed by atoms with Gasteiger partial charge in [0.15, 0.2) is 5.96 Å². The first-order valence-electron chi connectivity index (χ1n) is 8.74. The molecule has 0 atom stereocenters. The normalized spacial score (nSPS) is 13.4. The zero-order chi connectivity index (χ0) is 18.4. The maximum Gasteiger partial charge on any atom is 0.246 e. The summed E-state index contributed by atoms with van der Waals surface area (Å²) in [6, 6.07) is 14.4. The Morgan fingerprint density at radius 3 is 2.78 bits per heavy atom. The topological polar surface area (TPSA) is 56.7 Å². The highest BCUT2D eigenvalue weighted by Gasteiger charge is 2.21. The summed E-state index contributed by atoms with van der Waals surface area (Å²) >= 11 is 0. The zero-order valence-electron chi connectivity index (χ0n) is 15.2. The summed E-state index contributed by atoms with van der Waals surface area (Å²) in [6.45, 7) is 1.31. The number of nitrogens with zero attached hydrogens (tertiary/aromatic N) is 2. The SMILES string of the molecule is CN=C(NCC(=O)N1CCCc2ccccc21)NCc1cccc(F)c1.I. The number of amides is 1. The fourth-order valence-corrected chi connectivity index (χ4v) is 3.10. The molecule has 0 bridgehead atoms. The van der Waals surface area contributed by atoms with Gasteiger partial charge < -0.3 is 15.5 Å². The maximum absolute atomic E-state index is 13.2. The molecule has 0 saturated heterocycles. The Kier molecular flexibility index (Phi) is 8.02. The number of aryl methyl sites for hydroxylation is 1. The van der Waals surface area contributed by atoms with Gasteiger partial charge in [0.1, 0.15) is 5.82 Å². The van der Waals surface area contributed by atoms with Gasteiger partial charge in [-0.25, -0.2) is 4.39 Å². The van der Waals surface area contributed by atoms with Crippen LogP contribution < -0.4 is 15.5 Å². The molecule has 5 nitrogen and oxygen atoms in total. The van der Waals surface area contributed by atoms with Crippen LogP contribution in [0.1, 0.15) is 17.5 Å². The number of carbonyl (C=O) groups excluding carboxylic acids is 1. The first kappa shape index (κ1) is 21.1. The standard InChI is InChI=1S/C20H23FN4O.HI/c1-22-20(23-13-15-6-4-9-17(21)12-15)24-14-19(26)25-11-5-8-16-7-2-3-10-18(16)25;/h2-4,6-7,9-10,12H,5,8,11,13-14H2,1H3,(H2,22,23,24);1H. The van der Waals surface area contributed by atoms with Gasteiger partial charge in [0.2, 0.25) is 5.91 Å². The molecule has 0 unspecified atom stereocenters. The van der Waals surface area contributed by atoms with E-state index in [0.717, 1.165) is 30.6 Å². The molecule has 1 aliphatic rings. The van der Waals surface area contributed by atoms with Crippen LogP contribution in [0.2, 0.25) is 0 Å². The molecule has 0 spiro atoms. The van der Waals surface area contributed by atoms with Crippen LogP contribution in [0.15, 0.2) is 53.5 Å². The monoisotopic (exact) mass is 482 g/mol. The summed E-state index contributed by atoms with van der Waals surface area (Å²) in [6.07, 6.45) is 1.97. The first-order chi connectivity index (χ1) is 12.7. The van der Waals surface area contributed by atoms with Gasteiger partial charge in [-0.15, -0.1) is 24.0 Å². The van der Waals surface area contributed by atoms with Crippen molar-refractivity contribution < 1.29 is 9.18 Å². The molecule has 3 rings (SSSR count). The quantitative estimate of drug-likeness (QED) is 0.400. The van der Waals surface area contributed by atoms with Gasteiger partial charge in [-0.05, 0) is 42.2 Å². The number of guanidine groups is 1. The van der Waals surface area contributed by atoms with Crippen molar-refractivity contribution in [3.8, 4) is 0 Å². The summed E-state index contributed by atoms with van der Waals surface area (Å²) in [4.78, 5) is 18.6. The van der Waals surface area contributed by atoms with Gasteiger partial charge in [0.05, 0.1) is 6.54 Å². The van der Waals surface area contributed by atoms with Gasteiger partial charge in [-0.2, -0.15) is 0 Å². The van der Waals surface area contributed by atoms with E-state index in [1.165, 1.54) is 17.7 Å². The fourth-order valence-electron chi connectivity index (χ4n) is 3.10. The molecule has 0 saturated carbocycles. The third-order valence-electron chi connectivity index (χ3n) is 4.39. The van der Waals surface area contributed by atoms with Crippen molar-refractivity contribution in [1.82, 2.24) is 10.6 Å². The molecule has 0 radical (unpaired) electrons. The summed E-state index contributed by atoms with van der Waals surface area (Å²) in [7, 11) is 1.64. The van der Waals surface area contributed by atoms with Gasteiger partial charge in [-0.3, -0.25) is 9.79 Å². The Hall–Kier alpha value is -2.16. The average molecular weight is 482 g/mol. The van der Waals surface area contributed by atoms with Crippen LogP contribution in [0, 0.1) is 5.82 Å². The number of anilines is 1. The van der Waals surface area contributed by atoms with Crippen LogP contribution in [0.25, 0.3) is 0 Å². The highest BCUT2D eigenvalue weighted by atomic mass is 127. The Balaban J connectivity index is 0.00000261. The van der Waals surface area contributed by atoms with E-state index in [0.29, 0.717) is 12.5 Å². The third kappa shape index (κ3) is 5.66. The van der Waals surface area contributed by atoms with Crippen LogP contribution in [-0.4, -0.2) is 32.0 Å². The number of fused-ring (bicyclic) bond motifs is 1. The van der Waals surface area contributed by atoms with E-state index in [-0.39, 0.29) is 42.2 Å². The summed E-state index contributed by atoms with van der Waals surface area (Å²) in [5.41, 5.74) is 3.01. The van der Waals surface area contributed by atoms with E-state index in [2.05, 4.69) is 21.7 Å². The number of hydrogen-bond donors (Lipinski definition) is 2. The number of halogens is 2. The Morgan fingerprint density at radius 1 is 1.19 bits per heavy atom. The molecule has 2 N–H and O–H groups in total. The molecular formula is C20H24FIN4O. The highest BCUT2D eigenvalue weighted by molar-refractivity contribution is 14.0. The Bertz CT molecular complexity index is 812. The van der Waals surface area contributed by atoms with Gasteiger partial charge >= 0.3 is 0 Å². The van der Waals surface area contributed by atoms with E-state index < -0.39 is 0 Å². The van der Waals surface area contributed by atoms with Crippen LogP contribution in [0.5, 0.6) is 0 Å². The molecule has 1 heterocycles. The summed E-state index contributed by atoms with van der Waals surface area (Å²) < 4.78 is 13.2. The summed E-state index contributed by atoms with van der Waals surface area (Å²) in [5, 5.41) is 6.13. The van der Waals surface area contributed by atoms with E-state index in [1.807, 2.05) is 29.2 Å². The number of para-hydroxylation sites is 1. The van der Waals surface area contributed by atoms with E-state index in [4.69, 9.17) is 0 Å². The van der Waals surface area contributed by atoms with Crippen molar-refractivity contribution in [2.75, 3.05) is 25.0 Å². The molecule has 144 valence electrons. The van der Waals surface area contributed by atoms with Crippen LogP contribution in [-0.2, 0) is 17.8 Å².